The number of rotatable bonds is 7. The third kappa shape index (κ3) is 4.73. The monoisotopic (exact) mass is 246 g/mol. The Morgan fingerprint density at radius 2 is 1.47 bits per heavy atom. The molecule has 0 aromatic heterocycles. The quantitative estimate of drug-likeness (QED) is 0.538. The molecule has 0 fully saturated rings. The molecule has 2 unspecified atom stereocenters. The number of aliphatic hydroxyl groups is 1. The first-order valence-corrected chi connectivity index (χ1v) is 6.00. The minimum absolute atomic E-state index is 0.169. The van der Waals surface area contributed by atoms with Crippen molar-refractivity contribution in [1.82, 2.24) is 0 Å². The molecule has 0 amide bonds. The normalized spacial score (nSPS) is 14.2. The summed E-state index contributed by atoms with van der Waals surface area (Å²) in [6.07, 6.45) is -0.408. The number of ether oxygens (including phenoxy) is 2. The number of carbonyl (C=O) groups excluding carboxylic acids is 2. The Hall–Kier alpha value is -1.10. The summed E-state index contributed by atoms with van der Waals surface area (Å²) < 4.78 is 9.58. The van der Waals surface area contributed by atoms with Crippen molar-refractivity contribution >= 4 is 11.9 Å². The van der Waals surface area contributed by atoms with Crippen LogP contribution in [0.25, 0.3) is 0 Å². The minimum Gasteiger partial charge on any atom is -0.465 e. The Morgan fingerprint density at radius 1 is 1.06 bits per heavy atom. The van der Waals surface area contributed by atoms with Gasteiger partial charge in [0.1, 0.15) is 0 Å². The van der Waals surface area contributed by atoms with E-state index in [0.29, 0.717) is 6.42 Å². The second-order valence-corrected chi connectivity index (χ2v) is 3.86. The number of aliphatic hydroxyl groups excluding tert-OH is 1. The molecule has 0 aliphatic rings. The maximum absolute atomic E-state index is 11.6. The van der Waals surface area contributed by atoms with Crippen molar-refractivity contribution < 1.29 is 24.2 Å². The van der Waals surface area contributed by atoms with Crippen LogP contribution in [-0.2, 0) is 19.1 Å². The zero-order chi connectivity index (χ0) is 13.4. The van der Waals surface area contributed by atoms with Gasteiger partial charge in [0.2, 0.25) is 0 Å². The molecule has 0 rings (SSSR count). The number of carbonyl (C=O) groups is 2. The largest absolute Gasteiger partial charge is 0.465 e. The topological polar surface area (TPSA) is 72.8 Å². The Morgan fingerprint density at radius 3 is 1.76 bits per heavy atom. The molecule has 17 heavy (non-hydrogen) atoms. The van der Waals surface area contributed by atoms with Gasteiger partial charge >= 0.3 is 11.9 Å². The van der Waals surface area contributed by atoms with Crippen LogP contribution in [0.1, 0.15) is 34.1 Å². The highest BCUT2D eigenvalue weighted by Crippen LogP contribution is 2.19. The van der Waals surface area contributed by atoms with Crippen LogP contribution in [0.15, 0.2) is 0 Å². The highest BCUT2D eigenvalue weighted by Gasteiger charge is 2.38. The van der Waals surface area contributed by atoms with Gasteiger partial charge in [-0.05, 0) is 19.8 Å². The van der Waals surface area contributed by atoms with Crippen LogP contribution >= 0.6 is 0 Å². The van der Waals surface area contributed by atoms with Gasteiger partial charge in [0.15, 0.2) is 5.92 Å². The molecule has 0 aromatic carbocycles. The highest BCUT2D eigenvalue weighted by molar-refractivity contribution is 5.95. The zero-order valence-electron chi connectivity index (χ0n) is 10.9. The molecule has 5 nitrogen and oxygen atoms in total. The Balaban J connectivity index is 4.83. The molecule has 0 radical (unpaired) electrons. The Kier molecular flexibility index (Phi) is 7.54. The molecule has 0 saturated carbocycles. The van der Waals surface area contributed by atoms with E-state index in [-0.39, 0.29) is 19.1 Å². The Labute approximate surface area is 102 Å². The molecule has 0 spiro atoms. The summed E-state index contributed by atoms with van der Waals surface area (Å²) in [6, 6.07) is 0. The molecular weight excluding hydrogens is 224 g/mol. The lowest BCUT2D eigenvalue weighted by molar-refractivity contribution is -0.168. The van der Waals surface area contributed by atoms with Crippen LogP contribution < -0.4 is 0 Å². The van der Waals surface area contributed by atoms with Crippen LogP contribution in [0.3, 0.4) is 0 Å². The maximum atomic E-state index is 11.6. The number of hydrogen-bond donors (Lipinski definition) is 1. The van der Waals surface area contributed by atoms with Gasteiger partial charge in [0.05, 0.1) is 19.3 Å². The lowest BCUT2D eigenvalue weighted by atomic mass is 9.90. The van der Waals surface area contributed by atoms with Crippen molar-refractivity contribution in [1.29, 1.82) is 0 Å². The first kappa shape index (κ1) is 15.9. The molecular formula is C12H22O5. The van der Waals surface area contributed by atoms with E-state index in [1.807, 2.05) is 6.92 Å². The van der Waals surface area contributed by atoms with Gasteiger partial charge in [0, 0.05) is 0 Å². The molecule has 0 aliphatic heterocycles. The lowest BCUT2D eigenvalue weighted by Crippen LogP contribution is -2.41. The molecule has 0 bridgehead atoms. The second kappa shape index (κ2) is 8.06. The van der Waals surface area contributed by atoms with Gasteiger partial charge < -0.3 is 14.6 Å². The van der Waals surface area contributed by atoms with Crippen molar-refractivity contribution in [2.24, 2.45) is 11.8 Å². The molecule has 5 heteroatoms. The van der Waals surface area contributed by atoms with Gasteiger partial charge in [-0.3, -0.25) is 9.59 Å². The van der Waals surface area contributed by atoms with Crippen LogP contribution in [0, 0.1) is 11.8 Å². The Bertz CT molecular complexity index is 233. The maximum Gasteiger partial charge on any atom is 0.323 e. The smallest absolute Gasteiger partial charge is 0.323 e. The molecule has 0 aliphatic carbocycles. The summed E-state index contributed by atoms with van der Waals surface area (Å²) in [5.41, 5.74) is 0. The first-order valence-electron chi connectivity index (χ1n) is 6.00. The minimum atomic E-state index is -1.25. The van der Waals surface area contributed by atoms with Crippen LogP contribution in [-0.4, -0.2) is 36.4 Å². The van der Waals surface area contributed by atoms with Crippen molar-refractivity contribution in [2.75, 3.05) is 13.2 Å². The van der Waals surface area contributed by atoms with Gasteiger partial charge in [-0.25, -0.2) is 0 Å². The standard InChI is InChI=1S/C12H22O5/c1-5-8(4)10(13)9(11(14)16-6-2)12(15)17-7-3/h8-10,13H,5-7H2,1-4H3. The molecule has 100 valence electrons. The summed E-state index contributed by atoms with van der Waals surface area (Å²) in [6.45, 7) is 7.28. The summed E-state index contributed by atoms with van der Waals surface area (Å²) in [5, 5.41) is 9.97. The average Bonchev–Trinajstić information content (AvgIpc) is 2.28. The van der Waals surface area contributed by atoms with Crippen molar-refractivity contribution in [3.8, 4) is 0 Å². The second-order valence-electron chi connectivity index (χ2n) is 3.86. The SMILES string of the molecule is CCOC(=O)C(C(=O)OCC)C(O)C(C)CC. The van der Waals surface area contributed by atoms with Gasteiger partial charge in [-0.2, -0.15) is 0 Å². The van der Waals surface area contributed by atoms with Crippen molar-refractivity contribution in [3.63, 3.8) is 0 Å². The van der Waals surface area contributed by atoms with E-state index in [9.17, 15) is 14.7 Å². The fourth-order valence-corrected chi connectivity index (χ4v) is 1.41. The van der Waals surface area contributed by atoms with E-state index < -0.39 is 24.0 Å². The van der Waals surface area contributed by atoms with Gasteiger partial charge in [0.25, 0.3) is 0 Å². The number of hydrogen-bond acceptors (Lipinski definition) is 5. The van der Waals surface area contributed by atoms with Crippen LogP contribution in [0.4, 0.5) is 0 Å². The highest BCUT2D eigenvalue weighted by atomic mass is 16.6. The van der Waals surface area contributed by atoms with Crippen LogP contribution in [0.5, 0.6) is 0 Å². The van der Waals surface area contributed by atoms with Gasteiger partial charge in [-0.1, -0.05) is 20.3 Å². The van der Waals surface area contributed by atoms with Crippen molar-refractivity contribution in [3.05, 3.63) is 0 Å². The van der Waals surface area contributed by atoms with E-state index in [2.05, 4.69) is 0 Å². The van der Waals surface area contributed by atoms with E-state index in [1.165, 1.54) is 0 Å². The summed E-state index contributed by atoms with van der Waals surface area (Å²) in [7, 11) is 0. The number of esters is 2. The summed E-state index contributed by atoms with van der Waals surface area (Å²) in [4.78, 5) is 23.3. The predicted octanol–water partition coefficient (Wildman–Crippen LogP) is 1.14. The van der Waals surface area contributed by atoms with E-state index in [4.69, 9.17) is 9.47 Å². The molecule has 2 atom stereocenters. The average molecular weight is 246 g/mol. The van der Waals surface area contributed by atoms with Crippen molar-refractivity contribution in [2.45, 2.75) is 40.2 Å². The third-order valence-electron chi connectivity index (χ3n) is 2.65. The summed E-state index contributed by atoms with van der Waals surface area (Å²) >= 11 is 0. The fourth-order valence-electron chi connectivity index (χ4n) is 1.41. The fraction of sp³-hybridized carbons (Fsp3) is 0.833. The molecule has 0 aromatic rings. The molecule has 0 saturated heterocycles. The van der Waals surface area contributed by atoms with Gasteiger partial charge in [-0.15, -0.1) is 0 Å². The predicted molar refractivity (Wildman–Crippen MR) is 62.2 cm³/mol. The van der Waals surface area contributed by atoms with E-state index in [1.54, 1.807) is 20.8 Å². The van der Waals surface area contributed by atoms with E-state index in [0.717, 1.165) is 0 Å². The molecule has 0 heterocycles. The lowest BCUT2D eigenvalue weighted by Gasteiger charge is -2.23. The first-order chi connectivity index (χ1) is 7.99. The molecule has 1 N–H and O–H groups in total. The van der Waals surface area contributed by atoms with Crippen LogP contribution in [0.2, 0.25) is 0 Å². The van der Waals surface area contributed by atoms with E-state index >= 15 is 0 Å². The third-order valence-corrected chi connectivity index (χ3v) is 2.65. The summed E-state index contributed by atoms with van der Waals surface area (Å²) in [5.74, 6) is -2.86. The zero-order valence-corrected chi connectivity index (χ0v) is 10.9.